The van der Waals surface area contributed by atoms with E-state index in [0.29, 0.717) is 28.4 Å². The number of ether oxygens (including phenoxy) is 1. The number of allylic oxidation sites excluding steroid dienone is 1. The third-order valence-electron chi connectivity index (χ3n) is 3.72. The quantitative estimate of drug-likeness (QED) is 0.369. The Hall–Kier alpha value is -2.50. The molecule has 2 aromatic heterocycles. The molecule has 1 N–H and O–H groups in total. The standard InChI is InChI=1S/C18H18ClFN6O2S2/c1-4-7-26-16(10(2)28-14-6-5-12(20)8-13(14)19)23-25-18(26)29-9-15(27)21-17-24-22-11(3)30-17/h4-6,8,10H,1,7,9H2,2-3H3,(H,21,24,27). The lowest BCUT2D eigenvalue weighted by atomic mass is 10.3. The van der Waals surface area contributed by atoms with E-state index in [0.717, 1.165) is 5.01 Å². The maximum absolute atomic E-state index is 13.2. The molecule has 0 spiro atoms. The lowest BCUT2D eigenvalue weighted by Crippen LogP contribution is -2.15. The Labute approximate surface area is 185 Å². The third kappa shape index (κ3) is 5.55. The molecule has 0 aliphatic carbocycles. The SMILES string of the molecule is C=CCn1c(SCC(=O)Nc2nnc(C)s2)nnc1C(C)Oc1ccc(F)cc1Cl. The fourth-order valence-electron chi connectivity index (χ4n) is 2.45. The van der Waals surface area contributed by atoms with Gasteiger partial charge in [-0.1, -0.05) is 40.8 Å². The molecule has 3 rings (SSSR count). The number of nitrogens with one attached hydrogen (secondary N) is 1. The van der Waals surface area contributed by atoms with Crippen LogP contribution in [0, 0.1) is 12.7 Å². The monoisotopic (exact) mass is 468 g/mol. The molecule has 0 aliphatic rings. The molecule has 2 heterocycles. The molecule has 1 unspecified atom stereocenters. The van der Waals surface area contributed by atoms with Gasteiger partial charge in [-0.15, -0.1) is 27.0 Å². The molecular formula is C18H18ClFN6O2S2. The van der Waals surface area contributed by atoms with Crippen molar-refractivity contribution in [2.45, 2.75) is 31.7 Å². The second kappa shape index (κ2) is 10.0. The van der Waals surface area contributed by atoms with E-state index in [1.54, 1.807) is 17.6 Å². The Morgan fingerprint density at radius 3 is 2.90 bits per heavy atom. The molecule has 30 heavy (non-hydrogen) atoms. The van der Waals surface area contributed by atoms with Crippen molar-refractivity contribution in [3.05, 3.63) is 52.5 Å². The zero-order valence-corrected chi connectivity index (χ0v) is 18.5. The van der Waals surface area contributed by atoms with Gasteiger partial charge in [0.2, 0.25) is 11.0 Å². The Morgan fingerprint density at radius 1 is 1.43 bits per heavy atom. The topological polar surface area (TPSA) is 94.8 Å². The summed E-state index contributed by atoms with van der Waals surface area (Å²) in [7, 11) is 0. The second-order valence-electron chi connectivity index (χ2n) is 6.04. The predicted octanol–water partition coefficient (Wildman–Crippen LogP) is 4.29. The van der Waals surface area contributed by atoms with Gasteiger partial charge in [0, 0.05) is 6.54 Å². The summed E-state index contributed by atoms with van der Waals surface area (Å²) >= 11 is 8.56. The molecule has 1 aromatic carbocycles. The highest BCUT2D eigenvalue weighted by atomic mass is 35.5. The highest BCUT2D eigenvalue weighted by Gasteiger charge is 2.21. The number of carbonyl (C=O) groups excluding carboxylic acids is 1. The highest BCUT2D eigenvalue weighted by Crippen LogP contribution is 2.30. The largest absolute Gasteiger partial charge is 0.481 e. The van der Waals surface area contributed by atoms with Gasteiger partial charge in [-0.3, -0.25) is 14.7 Å². The van der Waals surface area contributed by atoms with Crippen LogP contribution in [0.4, 0.5) is 9.52 Å². The molecule has 0 bridgehead atoms. The second-order valence-corrected chi connectivity index (χ2v) is 8.57. The van der Waals surface area contributed by atoms with Crippen LogP contribution in [-0.4, -0.2) is 36.6 Å². The van der Waals surface area contributed by atoms with Gasteiger partial charge in [-0.2, -0.15) is 0 Å². The number of nitrogens with zero attached hydrogens (tertiary/aromatic N) is 5. The summed E-state index contributed by atoms with van der Waals surface area (Å²) in [5, 5.41) is 20.7. The van der Waals surface area contributed by atoms with Crippen molar-refractivity contribution in [1.29, 1.82) is 0 Å². The van der Waals surface area contributed by atoms with E-state index in [2.05, 4.69) is 32.3 Å². The van der Waals surface area contributed by atoms with Crippen LogP contribution in [0.2, 0.25) is 5.02 Å². The summed E-state index contributed by atoms with van der Waals surface area (Å²) in [5.74, 6) is 0.300. The Bertz CT molecular complexity index is 1060. The van der Waals surface area contributed by atoms with Crippen molar-refractivity contribution < 1.29 is 13.9 Å². The molecule has 0 saturated carbocycles. The number of hydrogen-bond acceptors (Lipinski definition) is 8. The maximum atomic E-state index is 13.2. The average Bonchev–Trinajstić information content (AvgIpc) is 3.28. The fraction of sp³-hybridized carbons (Fsp3) is 0.278. The van der Waals surface area contributed by atoms with Gasteiger partial charge in [0.15, 0.2) is 17.1 Å². The summed E-state index contributed by atoms with van der Waals surface area (Å²) in [6.07, 6.45) is 1.17. The molecule has 0 aliphatic heterocycles. The van der Waals surface area contributed by atoms with Crippen LogP contribution in [0.3, 0.4) is 0 Å². The Kier molecular flexibility index (Phi) is 7.40. The molecular weight excluding hydrogens is 451 g/mol. The minimum absolute atomic E-state index is 0.118. The molecule has 0 fully saturated rings. The number of thioether (sulfide) groups is 1. The van der Waals surface area contributed by atoms with E-state index in [1.165, 1.54) is 41.3 Å². The van der Waals surface area contributed by atoms with Crippen LogP contribution in [0.25, 0.3) is 0 Å². The molecule has 8 nitrogen and oxygen atoms in total. The number of aromatic nitrogens is 5. The summed E-state index contributed by atoms with van der Waals surface area (Å²) < 4.78 is 20.9. The molecule has 0 radical (unpaired) electrons. The van der Waals surface area contributed by atoms with Crippen LogP contribution in [0.1, 0.15) is 23.9 Å². The van der Waals surface area contributed by atoms with Gasteiger partial charge in [0.05, 0.1) is 10.8 Å². The first-order valence-electron chi connectivity index (χ1n) is 8.75. The van der Waals surface area contributed by atoms with Gasteiger partial charge in [0.25, 0.3) is 0 Å². The van der Waals surface area contributed by atoms with Crippen LogP contribution >= 0.6 is 34.7 Å². The minimum Gasteiger partial charge on any atom is -0.481 e. The van der Waals surface area contributed by atoms with Crippen LogP contribution < -0.4 is 10.1 Å². The van der Waals surface area contributed by atoms with E-state index < -0.39 is 11.9 Å². The van der Waals surface area contributed by atoms with Crippen molar-refractivity contribution in [1.82, 2.24) is 25.0 Å². The number of benzene rings is 1. The number of halogens is 2. The Balaban J connectivity index is 1.69. The zero-order chi connectivity index (χ0) is 21.7. The van der Waals surface area contributed by atoms with Gasteiger partial charge in [0.1, 0.15) is 16.6 Å². The minimum atomic E-state index is -0.520. The van der Waals surface area contributed by atoms with E-state index in [4.69, 9.17) is 16.3 Å². The van der Waals surface area contributed by atoms with E-state index in [1.807, 2.05) is 6.92 Å². The van der Waals surface area contributed by atoms with Gasteiger partial charge in [-0.25, -0.2) is 4.39 Å². The normalized spacial score (nSPS) is 11.9. The first kappa shape index (κ1) is 22.2. The van der Waals surface area contributed by atoms with Crippen molar-refractivity contribution in [2.75, 3.05) is 11.1 Å². The average molecular weight is 469 g/mol. The van der Waals surface area contributed by atoms with Crippen molar-refractivity contribution in [3.8, 4) is 5.75 Å². The predicted molar refractivity (Wildman–Crippen MR) is 115 cm³/mol. The summed E-state index contributed by atoms with van der Waals surface area (Å²) in [6, 6.07) is 3.90. The molecule has 0 saturated heterocycles. The molecule has 3 aromatic rings. The number of rotatable bonds is 9. The van der Waals surface area contributed by atoms with Crippen molar-refractivity contribution in [3.63, 3.8) is 0 Å². The lowest BCUT2D eigenvalue weighted by Gasteiger charge is -2.16. The van der Waals surface area contributed by atoms with Crippen molar-refractivity contribution >= 4 is 45.7 Å². The number of carbonyl (C=O) groups is 1. The zero-order valence-electron chi connectivity index (χ0n) is 16.1. The number of amides is 1. The van der Waals surface area contributed by atoms with Gasteiger partial charge < -0.3 is 4.74 Å². The summed E-state index contributed by atoms with van der Waals surface area (Å²) in [5.41, 5.74) is 0. The third-order valence-corrected chi connectivity index (χ3v) is 5.74. The first-order chi connectivity index (χ1) is 14.4. The number of anilines is 1. The number of hydrogen-bond donors (Lipinski definition) is 1. The Morgan fingerprint density at radius 2 is 2.23 bits per heavy atom. The summed E-state index contributed by atoms with van der Waals surface area (Å²) in [4.78, 5) is 12.2. The molecule has 12 heteroatoms. The van der Waals surface area contributed by atoms with Crippen LogP contribution in [0.5, 0.6) is 5.75 Å². The van der Waals surface area contributed by atoms with E-state index in [9.17, 15) is 9.18 Å². The molecule has 1 amide bonds. The van der Waals surface area contributed by atoms with E-state index in [-0.39, 0.29) is 16.7 Å². The highest BCUT2D eigenvalue weighted by molar-refractivity contribution is 7.99. The fourth-order valence-corrected chi connectivity index (χ4v) is 4.03. The van der Waals surface area contributed by atoms with E-state index >= 15 is 0 Å². The lowest BCUT2D eigenvalue weighted by molar-refractivity contribution is -0.113. The maximum Gasteiger partial charge on any atom is 0.236 e. The molecule has 158 valence electrons. The number of aryl methyl sites for hydroxylation is 1. The van der Waals surface area contributed by atoms with Gasteiger partial charge >= 0.3 is 0 Å². The van der Waals surface area contributed by atoms with Crippen molar-refractivity contribution in [2.24, 2.45) is 0 Å². The van der Waals surface area contributed by atoms with Gasteiger partial charge in [-0.05, 0) is 32.0 Å². The summed E-state index contributed by atoms with van der Waals surface area (Å²) in [6.45, 7) is 7.77. The van der Waals surface area contributed by atoms with Crippen LogP contribution in [0.15, 0.2) is 36.0 Å². The first-order valence-corrected chi connectivity index (χ1v) is 10.9. The van der Waals surface area contributed by atoms with Crippen LogP contribution in [-0.2, 0) is 11.3 Å². The molecule has 1 atom stereocenters. The smallest absolute Gasteiger partial charge is 0.236 e.